The molecule has 16 heavy (non-hydrogen) atoms. The Hall–Kier alpha value is -0.590. The minimum atomic E-state index is 0.325. The molecule has 0 aliphatic heterocycles. The summed E-state index contributed by atoms with van der Waals surface area (Å²) in [6.45, 7) is 2.37. The molecule has 1 saturated carbocycles. The Kier molecular flexibility index (Phi) is 2.45. The second-order valence-electron chi connectivity index (χ2n) is 6.26. The largest absolute Gasteiger partial charge is 0.295 e. The van der Waals surface area contributed by atoms with Gasteiger partial charge in [-0.2, -0.15) is 0 Å². The van der Waals surface area contributed by atoms with Crippen molar-refractivity contribution in [3.8, 4) is 0 Å². The van der Waals surface area contributed by atoms with Crippen LogP contribution < -0.4 is 0 Å². The molecule has 0 aromatic heterocycles. The van der Waals surface area contributed by atoms with E-state index in [0.717, 1.165) is 18.8 Å². The summed E-state index contributed by atoms with van der Waals surface area (Å²) in [4.78, 5) is 12.2. The number of fused-ring (bicyclic) bond motifs is 2. The van der Waals surface area contributed by atoms with Gasteiger partial charge in [0.2, 0.25) is 0 Å². The Labute approximate surface area is 98.3 Å². The molecule has 1 nitrogen and oxygen atoms in total. The summed E-state index contributed by atoms with van der Waals surface area (Å²) < 4.78 is 0. The summed E-state index contributed by atoms with van der Waals surface area (Å²) >= 11 is 0. The average Bonchev–Trinajstić information content (AvgIpc) is 2.28. The Morgan fingerprint density at radius 1 is 1.12 bits per heavy atom. The van der Waals surface area contributed by atoms with Crippen molar-refractivity contribution in [2.24, 2.45) is 11.3 Å². The van der Waals surface area contributed by atoms with Crippen molar-refractivity contribution in [1.82, 2.24) is 0 Å². The number of carbonyl (C=O) groups is 1. The van der Waals surface area contributed by atoms with Crippen LogP contribution in [0.3, 0.4) is 0 Å². The minimum absolute atomic E-state index is 0.325. The van der Waals surface area contributed by atoms with Crippen LogP contribution in [-0.2, 0) is 4.79 Å². The zero-order chi connectivity index (χ0) is 11.2. The van der Waals surface area contributed by atoms with E-state index in [1.54, 1.807) is 5.57 Å². The second-order valence-corrected chi connectivity index (χ2v) is 6.26. The third kappa shape index (κ3) is 1.48. The molecule has 1 heteroatoms. The first-order valence-corrected chi connectivity index (χ1v) is 6.96. The van der Waals surface area contributed by atoms with E-state index in [9.17, 15) is 4.79 Å². The highest BCUT2D eigenvalue weighted by Crippen LogP contribution is 2.53. The molecule has 2 atom stereocenters. The maximum absolute atomic E-state index is 12.2. The highest BCUT2D eigenvalue weighted by molar-refractivity contribution is 5.97. The molecule has 0 spiro atoms. The predicted octanol–water partition coefficient (Wildman–Crippen LogP) is 4.03. The molecule has 3 rings (SSSR count). The molecule has 2 unspecified atom stereocenters. The van der Waals surface area contributed by atoms with E-state index in [4.69, 9.17) is 0 Å². The Balaban J connectivity index is 2.02. The molecule has 0 amide bonds. The third-order valence-electron chi connectivity index (χ3n) is 5.16. The fraction of sp³-hybridized carbons (Fsp3) is 0.800. The fourth-order valence-corrected chi connectivity index (χ4v) is 4.31. The smallest absolute Gasteiger partial charge is 0.159 e. The molecule has 0 aromatic rings. The third-order valence-corrected chi connectivity index (χ3v) is 5.16. The van der Waals surface area contributed by atoms with Gasteiger partial charge in [0.1, 0.15) is 0 Å². The van der Waals surface area contributed by atoms with Gasteiger partial charge in [-0.25, -0.2) is 0 Å². The topological polar surface area (TPSA) is 17.1 Å². The molecule has 3 aliphatic carbocycles. The number of ketones is 1. The van der Waals surface area contributed by atoms with E-state index in [2.05, 4.69) is 6.92 Å². The molecule has 0 bridgehead atoms. The van der Waals surface area contributed by atoms with E-state index in [0.29, 0.717) is 11.2 Å². The Morgan fingerprint density at radius 3 is 2.81 bits per heavy atom. The summed E-state index contributed by atoms with van der Waals surface area (Å²) in [5.41, 5.74) is 3.17. The maximum atomic E-state index is 12.2. The minimum Gasteiger partial charge on any atom is -0.295 e. The van der Waals surface area contributed by atoms with Gasteiger partial charge in [0.05, 0.1) is 0 Å². The first-order valence-electron chi connectivity index (χ1n) is 6.96. The maximum Gasteiger partial charge on any atom is 0.159 e. The van der Waals surface area contributed by atoms with Crippen LogP contribution >= 0.6 is 0 Å². The van der Waals surface area contributed by atoms with Crippen molar-refractivity contribution in [3.63, 3.8) is 0 Å². The number of allylic oxidation sites excluding steroid dienone is 2. The van der Waals surface area contributed by atoms with Gasteiger partial charge >= 0.3 is 0 Å². The summed E-state index contributed by atoms with van der Waals surface area (Å²) in [5.74, 6) is 1.25. The van der Waals surface area contributed by atoms with Gasteiger partial charge in [-0.15, -0.1) is 0 Å². The van der Waals surface area contributed by atoms with Crippen LogP contribution in [0.4, 0.5) is 0 Å². The molecule has 0 radical (unpaired) electrons. The molecule has 1 fully saturated rings. The van der Waals surface area contributed by atoms with Crippen LogP contribution in [0.15, 0.2) is 11.1 Å². The van der Waals surface area contributed by atoms with Crippen LogP contribution in [-0.4, -0.2) is 5.78 Å². The van der Waals surface area contributed by atoms with Crippen LogP contribution in [0.25, 0.3) is 0 Å². The predicted molar refractivity (Wildman–Crippen MR) is 65.2 cm³/mol. The van der Waals surface area contributed by atoms with E-state index in [-0.39, 0.29) is 0 Å². The van der Waals surface area contributed by atoms with Crippen molar-refractivity contribution in [2.45, 2.75) is 64.7 Å². The summed E-state index contributed by atoms with van der Waals surface area (Å²) in [6.07, 6.45) is 11.1. The van der Waals surface area contributed by atoms with E-state index in [1.807, 2.05) is 0 Å². The van der Waals surface area contributed by atoms with Crippen LogP contribution in [0.2, 0.25) is 0 Å². The lowest BCUT2D eigenvalue weighted by Crippen LogP contribution is -2.40. The second kappa shape index (κ2) is 3.72. The van der Waals surface area contributed by atoms with Gasteiger partial charge in [0, 0.05) is 6.42 Å². The molecular weight excluding hydrogens is 196 g/mol. The van der Waals surface area contributed by atoms with Crippen LogP contribution in [0, 0.1) is 11.3 Å². The highest BCUT2D eigenvalue weighted by Gasteiger charge is 2.45. The zero-order valence-corrected chi connectivity index (χ0v) is 10.3. The lowest BCUT2D eigenvalue weighted by Gasteiger charge is -2.47. The van der Waals surface area contributed by atoms with Gasteiger partial charge in [-0.05, 0) is 55.4 Å². The molecule has 0 N–H and O–H groups in total. The van der Waals surface area contributed by atoms with Crippen LogP contribution in [0.5, 0.6) is 0 Å². The monoisotopic (exact) mass is 218 g/mol. The molecule has 3 aliphatic rings. The van der Waals surface area contributed by atoms with E-state index < -0.39 is 0 Å². The van der Waals surface area contributed by atoms with E-state index >= 15 is 0 Å². The first-order chi connectivity index (χ1) is 7.71. The SMILES string of the molecule is CC12CCCCC1C1=C(CCCC1)C(=O)C2. The van der Waals surface area contributed by atoms with Crippen molar-refractivity contribution >= 4 is 5.78 Å². The lowest BCUT2D eigenvalue weighted by atomic mass is 9.56. The first kappa shape index (κ1) is 10.6. The van der Waals surface area contributed by atoms with Gasteiger partial charge in [-0.1, -0.05) is 25.3 Å². The van der Waals surface area contributed by atoms with Crippen LogP contribution in [0.1, 0.15) is 64.7 Å². The van der Waals surface area contributed by atoms with E-state index in [1.165, 1.54) is 50.5 Å². The van der Waals surface area contributed by atoms with Crippen molar-refractivity contribution < 1.29 is 4.79 Å². The average molecular weight is 218 g/mol. The quantitative estimate of drug-likeness (QED) is 0.600. The molecule has 0 saturated heterocycles. The van der Waals surface area contributed by atoms with Crippen molar-refractivity contribution in [2.75, 3.05) is 0 Å². The van der Waals surface area contributed by atoms with Gasteiger partial charge in [0.15, 0.2) is 5.78 Å². The number of hydrogen-bond acceptors (Lipinski definition) is 1. The zero-order valence-electron chi connectivity index (χ0n) is 10.3. The summed E-state index contributed by atoms with van der Waals surface area (Å²) in [6, 6.07) is 0. The molecule has 0 aromatic carbocycles. The standard InChI is InChI=1S/C15H22O/c1-15-9-5-4-8-13(15)11-6-2-3-7-12(11)14(16)10-15/h13H,2-10H2,1H3. The normalized spacial score (nSPS) is 39.3. The summed E-state index contributed by atoms with van der Waals surface area (Å²) in [7, 11) is 0. The number of hydrogen-bond donors (Lipinski definition) is 0. The lowest BCUT2D eigenvalue weighted by molar-refractivity contribution is -0.120. The van der Waals surface area contributed by atoms with Gasteiger partial charge < -0.3 is 0 Å². The van der Waals surface area contributed by atoms with Crippen molar-refractivity contribution in [1.29, 1.82) is 0 Å². The highest BCUT2D eigenvalue weighted by atomic mass is 16.1. The number of Topliss-reactive ketones (excluding diaryl/α,β-unsaturated/α-hetero) is 1. The fourth-order valence-electron chi connectivity index (χ4n) is 4.31. The Morgan fingerprint density at radius 2 is 1.94 bits per heavy atom. The molecular formula is C15H22O. The number of rotatable bonds is 0. The Bertz CT molecular complexity index is 352. The number of carbonyl (C=O) groups excluding carboxylic acids is 1. The van der Waals surface area contributed by atoms with Crippen molar-refractivity contribution in [3.05, 3.63) is 11.1 Å². The van der Waals surface area contributed by atoms with Gasteiger partial charge in [-0.3, -0.25) is 4.79 Å². The molecule has 88 valence electrons. The summed E-state index contributed by atoms with van der Waals surface area (Å²) in [5, 5.41) is 0. The molecule has 0 heterocycles. The van der Waals surface area contributed by atoms with Gasteiger partial charge in [0.25, 0.3) is 0 Å².